The summed E-state index contributed by atoms with van der Waals surface area (Å²) in [6.45, 7) is 5.05. The summed E-state index contributed by atoms with van der Waals surface area (Å²) < 4.78 is 13.6. The first-order valence-corrected chi connectivity index (χ1v) is 11.6. The van der Waals surface area contributed by atoms with Gasteiger partial charge >= 0.3 is 157 Å². The summed E-state index contributed by atoms with van der Waals surface area (Å²) in [6, 6.07) is 10.8. The first kappa shape index (κ1) is 18.0. The molecule has 1 N–H and O–H groups in total. The van der Waals surface area contributed by atoms with Gasteiger partial charge in [-0.1, -0.05) is 0 Å². The van der Waals surface area contributed by atoms with Crippen molar-refractivity contribution < 1.29 is 14.6 Å². The molecule has 1 saturated heterocycles. The van der Waals surface area contributed by atoms with Crippen LogP contribution in [-0.2, 0) is 9.47 Å². The molecule has 0 radical (unpaired) electrons. The molecule has 3 aliphatic rings. The maximum absolute atomic E-state index is 12.0. The van der Waals surface area contributed by atoms with Crippen LogP contribution in [0.2, 0.25) is 4.82 Å². The fourth-order valence-electron chi connectivity index (χ4n) is 5.58. The number of benzene rings is 1. The number of aliphatic hydroxyl groups is 1. The second-order valence-electron chi connectivity index (χ2n) is 8.04. The van der Waals surface area contributed by atoms with E-state index in [0.717, 1.165) is 32.1 Å². The van der Waals surface area contributed by atoms with Crippen molar-refractivity contribution in [1.82, 2.24) is 0 Å². The van der Waals surface area contributed by atoms with Gasteiger partial charge in [-0.2, -0.15) is 0 Å². The van der Waals surface area contributed by atoms with Crippen LogP contribution in [0.3, 0.4) is 0 Å². The SMILES string of the molecule is CCO[C@H]1C[C@H]2CC[C@H]([Se]c3ccccc3)[C@]3(O)CCC[C@@H](O1)[C@@]23C. The van der Waals surface area contributed by atoms with Crippen molar-refractivity contribution in [3.05, 3.63) is 30.3 Å². The summed E-state index contributed by atoms with van der Waals surface area (Å²) >= 11 is 0.308. The van der Waals surface area contributed by atoms with Crippen LogP contribution in [0.5, 0.6) is 0 Å². The molecular formula is C21H30O3Se. The van der Waals surface area contributed by atoms with Crippen LogP contribution in [0.4, 0.5) is 0 Å². The van der Waals surface area contributed by atoms with Gasteiger partial charge < -0.3 is 0 Å². The Hall–Kier alpha value is -0.381. The molecule has 4 heteroatoms. The van der Waals surface area contributed by atoms with Crippen LogP contribution in [0.25, 0.3) is 0 Å². The minimum absolute atomic E-state index is 0.0772. The molecule has 0 spiro atoms. The van der Waals surface area contributed by atoms with E-state index in [1.807, 2.05) is 6.92 Å². The Labute approximate surface area is 157 Å². The quantitative estimate of drug-likeness (QED) is 0.776. The first-order chi connectivity index (χ1) is 12.1. The third-order valence-corrected chi connectivity index (χ3v) is 10.0. The Balaban J connectivity index is 1.62. The van der Waals surface area contributed by atoms with E-state index in [4.69, 9.17) is 9.47 Å². The van der Waals surface area contributed by atoms with Crippen LogP contribution in [0.15, 0.2) is 30.3 Å². The van der Waals surface area contributed by atoms with Gasteiger partial charge in [0.2, 0.25) is 0 Å². The Kier molecular flexibility index (Phi) is 5.02. The van der Waals surface area contributed by atoms with Crippen molar-refractivity contribution in [1.29, 1.82) is 0 Å². The minimum atomic E-state index is -0.591. The van der Waals surface area contributed by atoms with E-state index in [-0.39, 0.29) is 17.8 Å². The predicted octanol–water partition coefficient (Wildman–Crippen LogP) is 3.29. The van der Waals surface area contributed by atoms with Crippen molar-refractivity contribution in [3.63, 3.8) is 0 Å². The van der Waals surface area contributed by atoms with Gasteiger partial charge in [-0.05, 0) is 0 Å². The molecule has 25 heavy (non-hydrogen) atoms. The summed E-state index contributed by atoms with van der Waals surface area (Å²) in [5.74, 6) is 0.510. The van der Waals surface area contributed by atoms with E-state index in [0.29, 0.717) is 32.3 Å². The summed E-state index contributed by atoms with van der Waals surface area (Å²) in [5, 5.41) is 12.0. The van der Waals surface area contributed by atoms with E-state index in [1.165, 1.54) is 10.9 Å². The molecule has 0 amide bonds. The summed E-state index contributed by atoms with van der Waals surface area (Å²) in [7, 11) is 0. The fraction of sp³-hybridized carbons (Fsp3) is 0.714. The van der Waals surface area contributed by atoms with Gasteiger partial charge in [0.1, 0.15) is 0 Å². The van der Waals surface area contributed by atoms with Gasteiger partial charge in [-0.3, -0.25) is 0 Å². The average Bonchev–Trinajstić information content (AvgIpc) is 2.60. The summed E-state index contributed by atoms with van der Waals surface area (Å²) in [5.41, 5.74) is -0.718. The normalized spacial score (nSPS) is 43.5. The molecule has 2 aliphatic carbocycles. The van der Waals surface area contributed by atoms with Gasteiger partial charge in [0.25, 0.3) is 0 Å². The van der Waals surface area contributed by atoms with Gasteiger partial charge in [0.05, 0.1) is 0 Å². The molecule has 6 atom stereocenters. The maximum atomic E-state index is 12.0. The van der Waals surface area contributed by atoms with Gasteiger partial charge in [-0.25, -0.2) is 0 Å². The zero-order valence-electron chi connectivity index (χ0n) is 15.3. The second kappa shape index (κ2) is 6.98. The number of hydrogen-bond donors (Lipinski definition) is 1. The van der Waals surface area contributed by atoms with E-state index < -0.39 is 5.60 Å². The standard InChI is InChI=1S/C21H30O3Se/c1-3-23-19-14-15-11-12-18(25-16-8-5-4-6-9-16)21(22)13-7-10-17(24-19)20(15,21)2/h4-6,8-9,15,17-19,22H,3,7,10-14H2,1-2H3/t15-,17-,18+,19-,20-,21-/m1/s1. The van der Waals surface area contributed by atoms with Gasteiger partial charge in [0, 0.05) is 0 Å². The zero-order chi connectivity index (χ0) is 17.5. The number of ether oxygens (including phenoxy) is 2. The fourth-order valence-corrected chi connectivity index (χ4v) is 8.65. The topological polar surface area (TPSA) is 38.7 Å². The van der Waals surface area contributed by atoms with E-state index >= 15 is 0 Å². The average molecular weight is 409 g/mol. The van der Waals surface area contributed by atoms with Crippen LogP contribution in [-0.4, -0.2) is 44.7 Å². The zero-order valence-corrected chi connectivity index (χ0v) is 17.0. The van der Waals surface area contributed by atoms with Crippen molar-refractivity contribution in [2.45, 2.75) is 75.2 Å². The first-order valence-electron chi connectivity index (χ1n) is 9.79. The third kappa shape index (κ3) is 2.91. The molecule has 138 valence electrons. The van der Waals surface area contributed by atoms with Crippen LogP contribution in [0, 0.1) is 11.3 Å². The summed E-state index contributed by atoms with van der Waals surface area (Å²) in [4.78, 5) is 0.388. The van der Waals surface area contributed by atoms with Crippen molar-refractivity contribution in [3.8, 4) is 0 Å². The Morgan fingerprint density at radius 1 is 1.24 bits per heavy atom. The van der Waals surface area contributed by atoms with Crippen LogP contribution >= 0.6 is 0 Å². The molecule has 1 aromatic rings. The number of rotatable bonds is 4. The van der Waals surface area contributed by atoms with Gasteiger partial charge in [-0.15, -0.1) is 0 Å². The van der Waals surface area contributed by atoms with E-state index in [1.54, 1.807) is 0 Å². The van der Waals surface area contributed by atoms with Crippen LogP contribution in [0.1, 0.15) is 52.4 Å². The second-order valence-corrected chi connectivity index (χ2v) is 10.7. The Bertz CT molecular complexity index is 584. The third-order valence-electron chi connectivity index (χ3n) is 6.95. The molecule has 0 bridgehead atoms. The Morgan fingerprint density at radius 2 is 2.04 bits per heavy atom. The molecule has 0 aromatic heterocycles. The molecule has 3 nitrogen and oxygen atoms in total. The van der Waals surface area contributed by atoms with Crippen molar-refractivity contribution >= 4 is 19.4 Å². The van der Waals surface area contributed by atoms with E-state index in [2.05, 4.69) is 37.3 Å². The predicted molar refractivity (Wildman–Crippen MR) is 100 cm³/mol. The van der Waals surface area contributed by atoms with Crippen molar-refractivity contribution in [2.24, 2.45) is 11.3 Å². The van der Waals surface area contributed by atoms with Crippen molar-refractivity contribution in [2.75, 3.05) is 6.61 Å². The Morgan fingerprint density at radius 3 is 2.80 bits per heavy atom. The molecule has 2 saturated carbocycles. The molecule has 1 aliphatic heterocycles. The molecule has 3 fully saturated rings. The molecule has 0 unspecified atom stereocenters. The van der Waals surface area contributed by atoms with E-state index in [9.17, 15) is 5.11 Å². The molecule has 4 rings (SSSR count). The van der Waals surface area contributed by atoms with Gasteiger partial charge in [0.15, 0.2) is 0 Å². The summed E-state index contributed by atoms with van der Waals surface area (Å²) in [6.07, 6.45) is 6.38. The molecule has 1 heterocycles. The van der Waals surface area contributed by atoms with Crippen LogP contribution < -0.4 is 4.46 Å². The number of hydrogen-bond acceptors (Lipinski definition) is 3. The molecule has 1 aromatic carbocycles. The molecular weight excluding hydrogens is 379 g/mol. The monoisotopic (exact) mass is 410 g/mol.